The van der Waals surface area contributed by atoms with Crippen molar-refractivity contribution >= 4 is 64.0 Å². The van der Waals surface area contributed by atoms with Crippen LogP contribution in [0.2, 0.25) is 0 Å². The topological polar surface area (TPSA) is 213 Å². The number of likely N-dealkylation sites (N-methyl/N-ethyl adjacent to an activating group) is 3. The number of carbonyl (C=O) groups is 3. The fourth-order valence-corrected chi connectivity index (χ4v) is 16.3. The zero-order chi connectivity index (χ0) is 76.2. The van der Waals surface area contributed by atoms with E-state index >= 15 is 9.18 Å². The van der Waals surface area contributed by atoms with Gasteiger partial charge in [-0.25, -0.2) is 4.39 Å². The van der Waals surface area contributed by atoms with E-state index in [4.69, 9.17) is 29.7 Å². The number of allylic oxidation sites excluding steroid dienone is 2. The number of nitrogens with one attached hydrogen (secondary N) is 6. The van der Waals surface area contributed by atoms with Crippen LogP contribution in [0.4, 0.5) is 27.1 Å². The highest BCUT2D eigenvalue weighted by atomic mass is 19.1. The molecule has 0 radical (unpaired) electrons. The van der Waals surface area contributed by atoms with Crippen molar-refractivity contribution < 1.29 is 33.0 Å². The van der Waals surface area contributed by atoms with Crippen LogP contribution in [0.1, 0.15) is 166 Å². The summed E-state index contributed by atoms with van der Waals surface area (Å²) in [6.45, 7) is 24.4. The first-order chi connectivity index (χ1) is 51.4. The minimum Gasteiger partial charge on any atom is -0.496 e. The molecule has 5 aliphatic heterocycles. The quantitative estimate of drug-likeness (QED) is 0.0264. The highest BCUT2D eigenvalue weighted by Gasteiger charge is 2.43. The van der Waals surface area contributed by atoms with Gasteiger partial charge in [0.05, 0.1) is 62.6 Å². The molecule has 6 heterocycles. The number of anilines is 3. The Hall–Kier alpha value is -10.0. The maximum Gasteiger partial charge on any atom is 0.252 e. The number of hydrogen-bond acceptors (Lipinski definition) is 17. The number of amides is 3. The molecule has 5 saturated heterocycles. The number of methoxy groups -OCH3 is 2. The SMILES string of the molecule is CCC1CN(c2ccc(C)c(C(=O)N[C@H](C)c3cc(OC(C)C)c(OC)c(-c4cnn(Cc5cc(N6C[C@H]7CC6CN7C)cc(C(=O)N[C@H](C)c6ccc(C(=C/NC)/C=N/c7cc(C)c(C(=O)N[C@H](C)c8cc(F)cc(/C(C=N)=C/NC)c8)cc7N7C[C@H]8CC[C@@H](C7)N8C)c(OC)c6)c5C)c4)c3)c2)CCN1C. The summed E-state index contributed by atoms with van der Waals surface area (Å²) in [5, 5.41) is 28.9. The molecule has 107 heavy (non-hydrogen) atoms. The number of piperazine rings is 3. The normalized spacial score (nSPS) is 20.0. The number of aliphatic imine (C=N–C) groups is 1. The Morgan fingerprint density at radius 3 is 1.96 bits per heavy atom. The van der Waals surface area contributed by atoms with Crippen LogP contribution in [0.5, 0.6) is 17.2 Å². The maximum atomic E-state index is 15.1. The summed E-state index contributed by atoms with van der Waals surface area (Å²) < 4.78 is 35.9. The van der Waals surface area contributed by atoms with Crippen LogP contribution in [-0.4, -0.2) is 186 Å². The van der Waals surface area contributed by atoms with E-state index in [1.807, 2.05) is 140 Å². The number of nitrogens with zero attached hydrogens (tertiary/aromatic N) is 9. The smallest absolute Gasteiger partial charge is 0.252 e. The average Bonchev–Trinajstić information content (AvgIpc) is 1.76. The van der Waals surface area contributed by atoms with Crippen LogP contribution >= 0.6 is 0 Å². The van der Waals surface area contributed by atoms with Gasteiger partial charge in [0.15, 0.2) is 11.5 Å². The number of fused-ring (bicyclic) bond motifs is 4. The van der Waals surface area contributed by atoms with E-state index in [-0.39, 0.29) is 23.8 Å². The van der Waals surface area contributed by atoms with E-state index in [0.29, 0.717) is 93.1 Å². The van der Waals surface area contributed by atoms with Gasteiger partial charge in [0, 0.05) is 177 Å². The lowest BCUT2D eigenvalue weighted by molar-refractivity contribution is 0.0930. The number of rotatable bonds is 27. The van der Waals surface area contributed by atoms with Gasteiger partial charge in [-0.15, -0.1) is 0 Å². The minimum atomic E-state index is -0.554. The summed E-state index contributed by atoms with van der Waals surface area (Å²) in [5.41, 5.74) is 15.1. The van der Waals surface area contributed by atoms with Crippen molar-refractivity contribution in [2.24, 2.45) is 4.99 Å². The summed E-state index contributed by atoms with van der Waals surface area (Å²) in [6, 6.07) is 29.5. The molecule has 0 saturated carbocycles. The molecule has 12 rings (SSSR count). The fourth-order valence-electron chi connectivity index (χ4n) is 16.3. The van der Waals surface area contributed by atoms with Gasteiger partial charge in [-0.1, -0.05) is 25.1 Å². The molecule has 4 bridgehead atoms. The number of likely N-dealkylation sites (tertiary alicyclic amines) is 1. The molecular weight excluding hydrogens is 1350 g/mol. The molecule has 5 aliphatic rings. The third-order valence-electron chi connectivity index (χ3n) is 22.8. The Morgan fingerprint density at radius 2 is 1.32 bits per heavy atom. The van der Waals surface area contributed by atoms with Gasteiger partial charge >= 0.3 is 0 Å². The Labute approximate surface area is 631 Å². The molecule has 6 aromatic carbocycles. The lowest BCUT2D eigenvalue weighted by Gasteiger charge is -2.40. The fraction of sp³-hybridized carbons (Fsp3) is 0.435. The summed E-state index contributed by atoms with van der Waals surface area (Å²) >= 11 is 0. The van der Waals surface area contributed by atoms with Gasteiger partial charge in [-0.3, -0.25) is 38.8 Å². The third-order valence-corrected chi connectivity index (χ3v) is 22.8. The predicted octanol–water partition coefficient (Wildman–Crippen LogP) is 12.8. The Bertz CT molecular complexity index is 4550. The first kappa shape index (κ1) is 76.6. The largest absolute Gasteiger partial charge is 0.496 e. The molecule has 5 fully saturated rings. The molecule has 2 unspecified atom stereocenters. The lowest BCUT2D eigenvalue weighted by Crippen LogP contribution is -2.52. The highest BCUT2D eigenvalue weighted by molar-refractivity contribution is 6.12. The standard InChI is InChI=1S/C85H108FN15O6/c1-17-66-46-98(25-24-95(66)12)67-20-18-51(4)74(35-67)83(102)94-56(9)59-31-77(82(106-16)81(33-59)107-50(2)3)64-42-91-100(44-64)43-61-30-70(101-49-71-34-72(101)45-96(71)13)36-76(53(61)6)85(104)92-54(7)57-19-23-73(80(32-57)105-15)63(40-89-11)41-90-78-26-52(5)75(37-79(78)99-47-68-21-22-69(48-99)97(68)14)84(103)93-55(8)58-27-60(29-65(86)28-58)62(38-87)39-88-10/h18-20,23,26-33,35-42,44,50,54-56,66,68-69,71-72,87-89H,17,21-22,24-25,34,43,45-49H2,1-16H3,(H,92,104)(H,93,103)(H,94,102)/b62-39+,63-40+,87-38?,90-41+/t54-,55-,56-,66?,68-,69+,71-,72?/m1/s1. The summed E-state index contributed by atoms with van der Waals surface area (Å²) in [4.78, 5) is 63.7. The van der Waals surface area contributed by atoms with Gasteiger partial charge < -0.3 is 60.9 Å². The number of carbonyl (C=O) groups excluding carboxylic acids is 3. The van der Waals surface area contributed by atoms with Crippen molar-refractivity contribution in [2.45, 2.75) is 149 Å². The second kappa shape index (κ2) is 33.0. The molecule has 22 heteroatoms. The second-order valence-electron chi connectivity index (χ2n) is 30.2. The van der Waals surface area contributed by atoms with E-state index in [2.05, 4.69) is 108 Å². The van der Waals surface area contributed by atoms with Crippen LogP contribution in [0.15, 0.2) is 121 Å². The van der Waals surface area contributed by atoms with Crippen molar-refractivity contribution in [2.75, 3.05) is 110 Å². The first-order valence-electron chi connectivity index (χ1n) is 37.8. The van der Waals surface area contributed by atoms with Crippen molar-refractivity contribution in [3.8, 4) is 28.4 Å². The zero-order valence-electron chi connectivity index (χ0n) is 65.2. The predicted molar refractivity (Wildman–Crippen MR) is 429 cm³/mol. The van der Waals surface area contributed by atoms with Gasteiger partial charge in [0.1, 0.15) is 11.6 Å². The molecule has 21 nitrogen and oxygen atoms in total. The number of aryl methyl sites for hydroxylation is 2. The minimum absolute atomic E-state index is 0.150. The highest BCUT2D eigenvalue weighted by Crippen LogP contribution is 2.44. The number of benzene rings is 6. The molecule has 1 aromatic heterocycles. The monoisotopic (exact) mass is 1450 g/mol. The van der Waals surface area contributed by atoms with E-state index in [1.165, 1.54) is 18.3 Å². The van der Waals surface area contributed by atoms with Gasteiger partial charge in [-0.2, -0.15) is 5.10 Å². The van der Waals surface area contributed by atoms with Gasteiger partial charge in [-0.05, 0) is 220 Å². The Balaban J connectivity index is 0.790. The maximum absolute atomic E-state index is 15.1. The molecular formula is C85H108FN15O6. The van der Waals surface area contributed by atoms with Crippen molar-refractivity contribution in [1.82, 2.24) is 51.1 Å². The van der Waals surface area contributed by atoms with Crippen molar-refractivity contribution in [1.29, 1.82) is 5.41 Å². The van der Waals surface area contributed by atoms with E-state index in [1.54, 1.807) is 33.5 Å². The van der Waals surface area contributed by atoms with E-state index in [0.717, 1.165) is 144 Å². The molecule has 0 aliphatic carbocycles. The number of aromatic nitrogens is 2. The number of hydrogen-bond donors (Lipinski definition) is 6. The first-order valence-corrected chi connectivity index (χ1v) is 37.8. The van der Waals surface area contributed by atoms with Crippen LogP contribution < -0.4 is 55.5 Å². The molecule has 566 valence electrons. The number of ether oxygens (including phenoxy) is 3. The van der Waals surface area contributed by atoms with E-state index in [9.17, 15) is 9.59 Å². The Morgan fingerprint density at radius 1 is 0.654 bits per heavy atom. The summed E-state index contributed by atoms with van der Waals surface area (Å²) in [6.07, 6.45) is 14.5. The third kappa shape index (κ3) is 16.6. The van der Waals surface area contributed by atoms with Gasteiger partial charge in [0.2, 0.25) is 0 Å². The van der Waals surface area contributed by atoms with Crippen molar-refractivity contribution in [3.05, 3.63) is 188 Å². The molecule has 0 spiro atoms. The average molecular weight is 1450 g/mol. The summed E-state index contributed by atoms with van der Waals surface area (Å²) in [7, 11) is 13.4. The van der Waals surface area contributed by atoms with Crippen LogP contribution in [0.25, 0.3) is 22.3 Å². The number of halogens is 1. The van der Waals surface area contributed by atoms with Crippen LogP contribution in [0.3, 0.4) is 0 Å². The lowest BCUT2D eigenvalue weighted by atomic mass is 9.97. The van der Waals surface area contributed by atoms with E-state index < -0.39 is 23.9 Å². The van der Waals surface area contributed by atoms with Crippen LogP contribution in [-0.2, 0) is 6.54 Å². The van der Waals surface area contributed by atoms with Gasteiger partial charge in [0.25, 0.3) is 17.7 Å². The Kier molecular flexibility index (Phi) is 23.6. The molecule has 3 amide bonds. The second-order valence-corrected chi connectivity index (χ2v) is 30.2. The van der Waals surface area contributed by atoms with Crippen LogP contribution in [0, 0.1) is 32.0 Å². The zero-order valence-corrected chi connectivity index (χ0v) is 65.2. The van der Waals surface area contributed by atoms with Crippen molar-refractivity contribution in [3.63, 3.8) is 0 Å². The summed E-state index contributed by atoms with van der Waals surface area (Å²) in [5.74, 6) is 0.592. The molecule has 8 atom stereocenters. The molecule has 6 N–H and O–H groups in total. The molecule has 7 aromatic rings.